The summed E-state index contributed by atoms with van der Waals surface area (Å²) in [5.74, 6) is -0.225. The largest absolute Gasteiger partial charge is 0.308 e. The van der Waals surface area contributed by atoms with Crippen LogP contribution in [0.15, 0.2) is 36.2 Å². The molecule has 128 valence electrons. The number of carbonyl (C=O) groups is 1. The van der Waals surface area contributed by atoms with Gasteiger partial charge >= 0.3 is 0 Å². The summed E-state index contributed by atoms with van der Waals surface area (Å²) in [6, 6.07) is 3.68. The predicted octanol–water partition coefficient (Wildman–Crippen LogP) is 4.36. The Morgan fingerprint density at radius 1 is 1.08 bits per heavy atom. The van der Waals surface area contributed by atoms with Gasteiger partial charge in [0.2, 0.25) is 0 Å². The molecule has 25 heavy (non-hydrogen) atoms. The Balaban J connectivity index is 1.60. The van der Waals surface area contributed by atoms with Gasteiger partial charge in [0.05, 0.1) is 16.1 Å². The fourth-order valence-corrected chi connectivity index (χ4v) is 3.74. The first-order valence-corrected chi connectivity index (χ1v) is 9.17. The van der Waals surface area contributed by atoms with E-state index < -0.39 is 11.6 Å². The number of nitrogens with one attached hydrogen (secondary N) is 1. The lowest BCUT2D eigenvalue weighted by molar-refractivity contribution is -0.129. The molecule has 7 heteroatoms. The van der Waals surface area contributed by atoms with Gasteiger partial charge in [-0.15, -0.1) is 11.3 Å². The van der Waals surface area contributed by atoms with Crippen LogP contribution in [0.1, 0.15) is 32.1 Å². The highest BCUT2D eigenvalue weighted by Crippen LogP contribution is 2.33. The summed E-state index contributed by atoms with van der Waals surface area (Å²) in [4.78, 5) is 26.0. The molecule has 3 heterocycles. The van der Waals surface area contributed by atoms with Crippen molar-refractivity contribution < 1.29 is 9.18 Å². The van der Waals surface area contributed by atoms with Crippen molar-refractivity contribution >= 4 is 33.8 Å². The quantitative estimate of drug-likeness (QED) is 0.757. The maximum Gasteiger partial charge on any atom is 0.263 e. The molecule has 0 radical (unpaired) electrons. The number of anilines is 1. The molecule has 1 fully saturated rings. The number of aromatic nitrogens is 3. The molecule has 0 bridgehead atoms. The van der Waals surface area contributed by atoms with E-state index in [9.17, 15) is 9.18 Å². The Kier molecular flexibility index (Phi) is 4.17. The Morgan fingerprint density at radius 2 is 1.88 bits per heavy atom. The Labute approximate surface area is 148 Å². The lowest BCUT2D eigenvalue weighted by atomic mass is 9.86. The molecule has 1 saturated carbocycles. The number of carbonyl (C=O) groups excluding carboxylic acids is 1. The van der Waals surface area contributed by atoms with Gasteiger partial charge in [0, 0.05) is 24.0 Å². The molecule has 1 N–H and O–H groups in total. The zero-order valence-corrected chi connectivity index (χ0v) is 14.4. The van der Waals surface area contributed by atoms with Crippen molar-refractivity contribution in [2.45, 2.75) is 37.8 Å². The molecule has 3 aromatic rings. The Bertz CT molecular complexity index is 907. The number of rotatable bonds is 3. The fraction of sp³-hybridized carbons (Fsp3) is 0.333. The molecule has 1 aliphatic rings. The van der Waals surface area contributed by atoms with Crippen molar-refractivity contribution in [3.8, 4) is 10.6 Å². The van der Waals surface area contributed by atoms with E-state index in [-0.39, 0.29) is 12.8 Å². The van der Waals surface area contributed by atoms with Gasteiger partial charge in [0.1, 0.15) is 5.82 Å². The fourth-order valence-electron chi connectivity index (χ4n) is 3.15. The minimum absolute atomic E-state index is 0.284. The third kappa shape index (κ3) is 3.24. The Hall–Kier alpha value is -2.41. The predicted molar refractivity (Wildman–Crippen MR) is 96.2 cm³/mol. The highest BCUT2D eigenvalue weighted by molar-refractivity contribution is 7.13. The van der Waals surface area contributed by atoms with Gasteiger partial charge in [0.15, 0.2) is 5.67 Å². The number of thiazole rings is 1. The summed E-state index contributed by atoms with van der Waals surface area (Å²) in [6.07, 6.45) is 8.19. The average Bonchev–Trinajstić information content (AvgIpc) is 3.16. The maximum absolute atomic E-state index is 14.8. The van der Waals surface area contributed by atoms with E-state index in [1.807, 2.05) is 6.07 Å². The van der Waals surface area contributed by atoms with Gasteiger partial charge in [0.25, 0.3) is 5.91 Å². The first-order chi connectivity index (χ1) is 12.1. The summed E-state index contributed by atoms with van der Waals surface area (Å²) in [5.41, 5.74) is 0.790. The van der Waals surface area contributed by atoms with Crippen LogP contribution in [0.4, 0.5) is 10.2 Å². The van der Waals surface area contributed by atoms with Crippen LogP contribution in [0.25, 0.3) is 21.3 Å². The molecule has 3 aromatic heterocycles. The topological polar surface area (TPSA) is 67.8 Å². The van der Waals surface area contributed by atoms with Crippen LogP contribution in [-0.4, -0.2) is 26.5 Å². The molecule has 5 nitrogen and oxygen atoms in total. The highest BCUT2D eigenvalue weighted by atomic mass is 32.1. The number of hydrogen-bond donors (Lipinski definition) is 1. The second-order valence-corrected chi connectivity index (χ2v) is 7.22. The van der Waals surface area contributed by atoms with E-state index in [2.05, 4.69) is 20.3 Å². The number of halogens is 1. The zero-order valence-electron chi connectivity index (χ0n) is 13.5. The second kappa shape index (κ2) is 6.48. The summed E-state index contributed by atoms with van der Waals surface area (Å²) < 4.78 is 14.8. The number of nitrogens with zero attached hydrogens (tertiary/aromatic N) is 3. The summed E-state index contributed by atoms with van der Waals surface area (Å²) >= 11 is 1.51. The molecule has 1 aliphatic carbocycles. The molecule has 0 saturated heterocycles. The van der Waals surface area contributed by atoms with E-state index in [4.69, 9.17) is 0 Å². The van der Waals surface area contributed by atoms with Crippen molar-refractivity contribution in [3.63, 3.8) is 0 Å². The first kappa shape index (κ1) is 16.1. The summed E-state index contributed by atoms with van der Waals surface area (Å²) in [6.45, 7) is 0. The van der Waals surface area contributed by atoms with Crippen LogP contribution >= 0.6 is 11.3 Å². The molecular formula is C18H17FN4OS. The van der Waals surface area contributed by atoms with E-state index in [1.54, 1.807) is 30.2 Å². The summed E-state index contributed by atoms with van der Waals surface area (Å²) in [7, 11) is 0. The number of amides is 1. The lowest BCUT2D eigenvalue weighted by Gasteiger charge is -2.27. The minimum Gasteiger partial charge on any atom is -0.308 e. The molecule has 0 aromatic carbocycles. The number of alkyl halides is 1. The second-order valence-electron chi connectivity index (χ2n) is 6.33. The lowest BCUT2D eigenvalue weighted by Crippen LogP contribution is -2.40. The third-order valence-electron chi connectivity index (χ3n) is 4.58. The molecule has 0 unspecified atom stereocenters. The van der Waals surface area contributed by atoms with Crippen LogP contribution < -0.4 is 5.32 Å². The van der Waals surface area contributed by atoms with Crippen molar-refractivity contribution in [3.05, 3.63) is 36.2 Å². The van der Waals surface area contributed by atoms with Crippen molar-refractivity contribution in [1.29, 1.82) is 0 Å². The molecule has 4 rings (SSSR count). The van der Waals surface area contributed by atoms with Crippen molar-refractivity contribution in [2.75, 3.05) is 5.32 Å². The third-order valence-corrected chi connectivity index (χ3v) is 5.38. The van der Waals surface area contributed by atoms with Gasteiger partial charge in [-0.3, -0.25) is 14.8 Å². The monoisotopic (exact) mass is 356 g/mol. The molecule has 0 aliphatic heterocycles. The van der Waals surface area contributed by atoms with Gasteiger partial charge in [-0.05, 0) is 43.2 Å². The van der Waals surface area contributed by atoms with Crippen molar-refractivity contribution in [1.82, 2.24) is 15.0 Å². The van der Waals surface area contributed by atoms with E-state index in [1.165, 1.54) is 11.3 Å². The van der Waals surface area contributed by atoms with Crippen LogP contribution in [0.5, 0.6) is 0 Å². The van der Waals surface area contributed by atoms with Crippen LogP contribution in [0, 0.1) is 0 Å². The summed E-state index contributed by atoms with van der Waals surface area (Å²) in [5, 5.41) is 4.39. The SMILES string of the molecule is O=C(Nc1cc2cc(-c3cncs3)ncc2cn1)C1(F)CCCCC1. The highest BCUT2D eigenvalue weighted by Gasteiger charge is 2.39. The normalized spacial score (nSPS) is 16.7. The molecule has 1 amide bonds. The standard InChI is InChI=1S/C18H17FN4OS/c19-18(4-2-1-3-5-18)17(24)23-16-7-12-6-14(15-10-20-11-25-15)21-8-13(12)9-22-16/h6-11H,1-5H2,(H,22,23,24). The molecule has 0 spiro atoms. The van der Waals surface area contributed by atoms with E-state index in [0.29, 0.717) is 5.82 Å². The van der Waals surface area contributed by atoms with Gasteiger partial charge < -0.3 is 5.32 Å². The van der Waals surface area contributed by atoms with Crippen LogP contribution in [0.2, 0.25) is 0 Å². The van der Waals surface area contributed by atoms with Crippen molar-refractivity contribution in [2.24, 2.45) is 0 Å². The Morgan fingerprint density at radius 3 is 2.64 bits per heavy atom. The number of fused-ring (bicyclic) bond motifs is 1. The smallest absolute Gasteiger partial charge is 0.263 e. The first-order valence-electron chi connectivity index (χ1n) is 8.29. The van der Waals surface area contributed by atoms with Gasteiger partial charge in [-0.25, -0.2) is 9.37 Å². The average molecular weight is 356 g/mol. The van der Waals surface area contributed by atoms with Crippen LogP contribution in [-0.2, 0) is 4.79 Å². The number of pyridine rings is 2. The van der Waals surface area contributed by atoms with E-state index >= 15 is 0 Å². The van der Waals surface area contributed by atoms with E-state index in [0.717, 1.165) is 40.6 Å². The molecule has 0 atom stereocenters. The van der Waals surface area contributed by atoms with Crippen LogP contribution in [0.3, 0.4) is 0 Å². The minimum atomic E-state index is -1.78. The van der Waals surface area contributed by atoms with Gasteiger partial charge in [-0.1, -0.05) is 6.42 Å². The maximum atomic E-state index is 14.8. The zero-order chi connectivity index (χ0) is 17.3. The number of hydrogen-bond acceptors (Lipinski definition) is 5. The molecular weight excluding hydrogens is 339 g/mol. The van der Waals surface area contributed by atoms with Gasteiger partial charge in [-0.2, -0.15) is 0 Å².